The molecule has 0 unspecified atom stereocenters. The molecule has 0 amide bonds. The molecule has 0 atom stereocenters. The fraction of sp³-hybridized carbons (Fsp3) is 0.267. The summed E-state index contributed by atoms with van der Waals surface area (Å²) in [5, 5.41) is 13.3. The van der Waals surface area contributed by atoms with Gasteiger partial charge in [0, 0.05) is 6.42 Å². The molecule has 0 bridgehead atoms. The van der Waals surface area contributed by atoms with Gasteiger partial charge >= 0.3 is 0 Å². The van der Waals surface area contributed by atoms with Crippen LogP contribution < -0.4 is 0 Å². The molecule has 0 aliphatic rings. The highest BCUT2D eigenvalue weighted by atomic mass is 16.2. The highest BCUT2D eigenvalue weighted by Gasteiger charge is 2.10. The Kier molecular flexibility index (Phi) is 3.81. The minimum atomic E-state index is 0.0952. The van der Waals surface area contributed by atoms with E-state index < -0.39 is 0 Å². The molecule has 2 aromatic rings. The predicted molar refractivity (Wildman–Crippen MR) is 71.6 cm³/mol. The molecule has 0 fully saturated rings. The van der Waals surface area contributed by atoms with Gasteiger partial charge in [-0.15, -0.1) is 0 Å². The lowest BCUT2D eigenvalue weighted by atomic mass is 10.2. The Labute approximate surface area is 107 Å². The van der Waals surface area contributed by atoms with Crippen LogP contribution in [0.3, 0.4) is 0 Å². The van der Waals surface area contributed by atoms with E-state index in [1.807, 2.05) is 48.9 Å². The van der Waals surface area contributed by atoms with Crippen LogP contribution in [0.25, 0.3) is 5.69 Å². The van der Waals surface area contributed by atoms with Crippen molar-refractivity contribution in [3.05, 3.63) is 47.3 Å². The van der Waals surface area contributed by atoms with Gasteiger partial charge in [-0.25, -0.2) is 4.68 Å². The van der Waals surface area contributed by atoms with Crippen molar-refractivity contribution < 1.29 is 5.11 Å². The SMILES string of the molecule is Cc1nn(-c2ccccc2)c(C)c1C#CCCO. The summed E-state index contributed by atoms with van der Waals surface area (Å²) in [5.74, 6) is 6.02. The third-order valence-corrected chi connectivity index (χ3v) is 2.74. The number of aryl methyl sites for hydroxylation is 1. The molecule has 1 aromatic heterocycles. The standard InChI is InChI=1S/C15H16N2O/c1-12-15(10-6-7-11-18)13(2)17(16-12)14-8-4-3-5-9-14/h3-5,8-9,18H,7,11H2,1-2H3. The molecule has 1 aromatic carbocycles. The fourth-order valence-electron chi connectivity index (χ4n) is 1.85. The van der Waals surface area contributed by atoms with E-state index >= 15 is 0 Å². The molecular formula is C15H16N2O. The molecule has 92 valence electrons. The monoisotopic (exact) mass is 240 g/mol. The van der Waals surface area contributed by atoms with Gasteiger partial charge in [-0.3, -0.25) is 0 Å². The summed E-state index contributed by atoms with van der Waals surface area (Å²) in [7, 11) is 0. The van der Waals surface area contributed by atoms with Crippen LogP contribution in [0.4, 0.5) is 0 Å². The van der Waals surface area contributed by atoms with Gasteiger partial charge in [0.05, 0.1) is 29.2 Å². The van der Waals surface area contributed by atoms with Gasteiger partial charge in [0.15, 0.2) is 0 Å². The Morgan fingerprint density at radius 2 is 1.94 bits per heavy atom. The number of aliphatic hydroxyl groups excluding tert-OH is 1. The molecular weight excluding hydrogens is 224 g/mol. The Morgan fingerprint density at radius 3 is 2.61 bits per heavy atom. The number of hydrogen-bond donors (Lipinski definition) is 1. The van der Waals surface area contributed by atoms with Gasteiger partial charge < -0.3 is 5.11 Å². The number of benzene rings is 1. The van der Waals surface area contributed by atoms with Crippen molar-refractivity contribution in [2.45, 2.75) is 20.3 Å². The molecule has 3 heteroatoms. The first kappa shape index (κ1) is 12.4. The lowest BCUT2D eigenvalue weighted by molar-refractivity contribution is 0.305. The third-order valence-electron chi connectivity index (χ3n) is 2.74. The molecule has 0 aliphatic carbocycles. The molecule has 0 saturated heterocycles. The van der Waals surface area contributed by atoms with Gasteiger partial charge in [0.2, 0.25) is 0 Å². The van der Waals surface area contributed by atoms with Gasteiger partial charge in [-0.1, -0.05) is 30.0 Å². The first-order chi connectivity index (χ1) is 8.74. The van der Waals surface area contributed by atoms with E-state index in [1.54, 1.807) is 0 Å². The van der Waals surface area contributed by atoms with E-state index in [4.69, 9.17) is 5.11 Å². The maximum atomic E-state index is 8.74. The summed E-state index contributed by atoms with van der Waals surface area (Å²) in [5.41, 5.74) is 3.94. The lowest BCUT2D eigenvalue weighted by Crippen LogP contribution is -1.98. The number of para-hydroxylation sites is 1. The van der Waals surface area contributed by atoms with Crippen LogP contribution in [-0.4, -0.2) is 21.5 Å². The largest absolute Gasteiger partial charge is 0.395 e. The Bertz CT molecular complexity index is 588. The Balaban J connectivity index is 2.42. The number of nitrogens with zero attached hydrogens (tertiary/aromatic N) is 2. The zero-order valence-electron chi connectivity index (χ0n) is 10.6. The molecule has 1 N–H and O–H groups in total. The van der Waals surface area contributed by atoms with Crippen LogP contribution in [0.5, 0.6) is 0 Å². The van der Waals surface area contributed by atoms with Crippen molar-refractivity contribution in [2.75, 3.05) is 6.61 Å². The summed E-state index contributed by atoms with van der Waals surface area (Å²) >= 11 is 0. The van der Waals surface area contributed by atoms with Crippen LogP contribution in [0, 0.1) is 25.7 Å². The number of aliphatic hydroxyl groups is 1. The zero-order valence-corrected chi connectivity index (χ0v) is 10.6. The van der Waals surface area contributed by atoms with Gasteiger partial charge in [0.1, 0.15) is 0 Å². The van der Waals surface area contributed by atoms with Gasteiger partial charge in [-0.2, -0.15) is 5.10 Å². The zero-order chi connectivity index (χ0) is 13.0. The average Bonchev–Trinajstić information content (AvgIpc) is 2.68. The predicted octanol–water partition coefficient (Wildman–Crippen LogP) is 2.22. The summed E-state index contributed by atoms with van der Waals surface area (Å²) < 4.78 is 1.90. The van der Waals surface area contributed by atoms with Crippen LogP contribution in [0.2, 0.25) is 0 Å². The average molecular weight is 240 g/mol. The van der Waals surface area contributed by atoms with Gasteiger partial charge in [0.25, 0.3) is 0 Å². The second-order valence-electron chi connectivity index (χ2n) is 4.07. The van der Waals surface area contributed by atoms with Crippen LogP contribution >= 0.6 is 0 Å². The van der Waals surface area contributed by atoms with Crippen molar-refractivity contribution >= 4 is 0 Å². The number of hydrogen-bond acceptors (Lipinski definition) is 2. The Hall–Kier alpha value is -2.05. The maximum Gasteiger partial charge on any atom is 0.0757 e. The summed E-state index contributed by atoms with van der Waals surface area (Å²) in [4.78, 5) is 0. The molecule has 0 radical (unpaired) electrons. The minimum Gasteiger partial charge on any atom is -0.395 e. The van der Waals surface area contributed by atoms with Crippen LogP contribution in [-0.2, 0) is 0 Å². The smallest absolute Gasteiger partial charge is 0.0757 e. The highest BCUT2D eigenvalue weighted by molar-refractivity contribution is 5.45. The lowest BCUT2D eigenvalue weighted by Gasteiger charge is -2.03. The topological polar surface area (TPSA) is 38.0 Å². The minimum absolute atomic E-state index is 0.0952. The quantitative estimate of drug-likeness (QED) is 0.817. The fourth-order valence-corrected chi connectivity index (χ4v) is 1.85. The second kappa shape index (κ2) is 5.52. The molecule has 0 saturated carbocycles. The van der Waals surface area contributed by atoms with E-state index in [9.17, 15) is 0 Å². The molecule has 3 nitrogen and oxygen atoms in total. The summed E-state index contributed by atoms with van der Waals surface area (Å²) in [6, 6.07) is 10.00. The maximum absolute atomic E-state index is 8.74. The number of rotatable bonds is 2. The first-order valence-corrected chi connectivity index (χ1v) is 5.95. The van der Waals surface area contributed by atoms with Crippen molar-refractivity contribution in [3.8, 4) is 17.5 Å². The Morgan fingerprint density at radius 1 is 1.22 bits per heavy atom. The molecule has 0 spiro atoms. The van der Waals surface area contributed by atoms with Crippen molar-refractivity contribution in [1.82, 2.24) is 9.78 Å². The third kappa shape index (κ3) is 2.44. The summed E-state index contributed by atoms with van der Waals surface area (Å²) in [6.07, 6.45) is 0.495. The van der Waals surface area contributed by atoms with E-state index in [1.165, 1.54) is 0 Å². The molecule has 1 heterocycles. The highest BCUT2D eigenvalue weighted by Crippen LogP contribution is 2.16. The second-order valence-corrected chi connectivity index (χ2v) is 4.07. The normalized spacial score (nSPS) is 9.94. The van der Waals surface area contributed by atoms with E-state index in [2.05, 4.69) is 16.9 Å². The van der Waals surface area contributed by atoms with Crippen LogP contribution in [0.15, 0.2) is 30.3 Å². The van der Waals surface area contributed by atoms with Crippen molar-refractivity contribution in [3.63, 3.8) is 0 Å². The molecule has 2 rings (SSSR count). The summed E-state index contributed by atoms with van der Waals surface area (Å²) in [6.45, 7) is 4.06. The molecule has 18 heavy (non-hydrogen) atoms. The van der Waals surface area contributed by atoms with Crippen LogP contribution in [0.1, 0.15) is 23.4 Å². The van der Waals surface area contributed by atoms with E-state index in [0.29, 0.717) is 6.42 Å². The number of aromatic nitrogens is 2. The van der Waals surface area contributed by atoms with Gasteiger partial charge in [-0.05, 0) is 26.0 Å². The van der Waals surface area contributed by atoms with E-state index in [-0.39, 0.29) is 6.61 Å². The van der Waals surface area contributed by atoms with Crippen molar-refractivity contribution in [2.24, 2.45) is 0 Å². The molecule has 0 aliphatic heterocycles. The first-order valence-electron chi connectivity index (χ1n) is 5.95. The van der Waals surface area contributed by atoms with Crippen molar-refractivity contribution in [1.29, 1.82) is 0 Å². The van der Waals surface area contributed by atoms with E-state index in [0.717, 1.165) is 22.6 Å².